The summed E-state index contributed by atoms with van der Waals surface area (Å²) in [5.74, 6) is 0.898. The van der Waals surface area contributed by atoms with Gasteiger partial charge in [0.05, 0.1) is 12.2 Å². The van der Waals surface area contributed by atoms with Gasteiger partial charge in [0, 0.05) is 37.8 Å². The molecule has 0 N–H and O–H groups in total. The highest BCUT2D eigenvalue weighted by atomic mass is 16.7. The molecule has 2 saturated heterocycles. The van der Waals surface area contributed by atoms with Gasteiger partial charge >= 0.3 is 13.2 Å². The fourth-order valence-electron chi connectivity index (χ4n) is 2.97. The summed E-state index contributed by atoms with van der Waals surface area (Å²) in [7, 11) is -0.351. The first-order valence-electron chi connectivity index (χ1n) is 9.11. The van der Waals surface area contributed by atoms with Gasteiger partial charge in [-0.1, -0.05) is 6.07 Å². The van der Waals surface area contributed by atoms with Gasteiger partial charge in [-0.25, -0.2) is 9.78 Å². The Morgan fingerprint density at radius 1 is 1.23 bits per heavy atom. The summed E-state index contributed by atoms with van der Waals surface area (Å²) in [6.45, 7) is 13.0. The standard InChI is InChI=1S/C18H28BN3O4/c1-17(2,3)25-16(23)22-10-8-21(9-11-22)15-7-6-14(12-20-15)19-24-13-18(4,5)26-19/h6-7,12H,8-11,13H2,1-5H3. The lowest BCUT2D eigenvalue weighted by Crippen LogP contribution is -2.50. The Hall–Kier alpha value is -1.80. The molecule has 2 aliphatic rings. The van der Waals surface area contributed by atoms with Crippen LogP contribution in [0.3, 0.4) is 0 Å². The summed E-state index contributed by atoms with van der Waals surface area (Å²) in [4.78, 5) is 20.6. The summed E-state index contributed by atoms with van der Waals surface area (Å²) in [6, 6.07) is 3.98. The van der Waals surface area contributed by atoms with E-state index in [1.54, 1.807) is 4.90 Å². The van der Waals surface area contributed by atoms with Crippen LogP contribution in [0.4, 0.5) is 10.6 Å². The number of hydrogen-bond acceptors (Lipinski definition) is 6. The molecule has 26 heavy (non-hydrogen) atoms. The van der Waals surface area contributed by atoms with Gasteiger partial charge in [-0.2, -0.15) is 0 Å². The van der Waals surface area contributed by atoms with Crippen molar-refractivity contribution < 1.29 is 18.8 Å². The van der Waals surface area contributed by atoms with Gasteiger partial charge in [-0.05, 0) is 40.7 Å². The highest BCUT2D eigenvalue weighted by Crippen LogP contribution is 2.20. The van der Waals surface area contributed by atoms with Crippen molar-refractivity contribution in [1.29, 1.82) is 0 Å². The van der Waals surface area contributed by atoms with Crippen molar-refractivity contribution in [1.82, 2.24) is 9.88 Å². The Morgan fingerprint density at radius 3 is 2.42 bits per heavy atom. The number of nitrogens with zero attached hydrogens (tertiary/aromatic N) is 3. The second kappa shape index (κ2) is 7.08. The van der Waals surface area contributed by atoms with Gasteiger partial charge in [0.2, 0.25) is 0 Å². The zero-order valence-corrected chi connectivity index (χ0v) is 16.3. The maximum atomic E-state index is 12.1. The van der Waals surface area contributed by atoms with Crippen molar-refractivity contribution in [2.75, 3.05) is 37.7 Å². The number of rotatable bonds is 2. The van der Waals surface area contributed by atoms with Gasteiger partial charge in [0.25, 0.3) is 0 Å². The smallest absolute Gasteiger partial charge is 0.444 e. The second-order valence-corrected chi connectivity index (χ2v) is 8.42. The van der Waals surface area contributed by atoms with Gasteiger partial charge < -0.3 is 23.8 Å². The highest BCUT2D eigenvalue weighted by Gasteiger charge is 2.38. The summed E-state index contributed by atoms with van der Waals surface area (Å²) in [5.41, 5.74) is 0.193. The first-order valence-corrected chi connectivity index (χ1v) is 9.11. The van der Waals surface area contributed by atoms with Crippen LogP contribution in [0.2, 0.25) is 0 Å². The van der Waals surface area contributed by atoms with Gasteiger partial charge in [-0.3, -0.25) is 0 Å². The van der Waals surface area contributed by atoms with Crippen molar-refractivity contribution in [3.8, 4) is 0 Å². The molecule has 1 amide bonds. The molecule has 0 spiro atoms. The molecule has 142 valence electrons. The SMILES string of the molecule is CC(C)(C)OC(=O)N1CCN(c2ccc(B3OCC(C)(C)O3)cn2)CC1. The summed E-state index contributed by atoms with van der Waals surface area (Å²) in [5, 5.41) is 0. The van der Waals surface area contributed by atoms with Gasteiger partial charge in [0.1, 0.15) is 11.4 Å². The topological polar surface area (TPSA) is 64.1 Å². The van der Waals surface area contributed by atoms with Crippen molar-refractivity contribution in [3.63, 3.8) is 0 Å². The van der Waals surface area contributed by atoms with E-state index >= 15 is 0 Å². The van der Waals surface area contributed by atoms with E-state index in [1.807, 2.05) is 52.9 Å². The third-order valence-electron chi connectivity index (χ3n) is 4.31. The van der Waals surface area contributed by atoms with E-state index in [9.17, 15) is 4.79 Å². The molecule has 7 nitrogen and oxygen atoms in total. The molecule has 0 aliphatic carbocycles. The molecule has 1 aromatic heterocycles. The largest absolute Gasteiger partial charge is 0.496 e. The predicted molar refractivity (Wildman–Crippen MR) is 101 cm³/mol. The maximum Gasteiger partial charge on any atom is 0.496 e. The molecule has 8 heteroatoms. The predicted octanol–water partition coefficient (Wildman–Crippen LogP) is 1.66. The average molecular weight is 361 g/mol. The number of pyridine rings is 1. The van der Waals surface area contributed by atoms with Crippen molar-refractivity contribution in [3.05, 3.63) is 18.3 Å². The van der Waals surface area contributed by atoms with Gasteiger partial charge in [-0.15, -0.1) is 0 Å². The molecular weight excluding hydrogens is 333 g/mol. The quantitative estimate of drug-likeness (QED) is 0.747. The van der Waals surface area contributed by atoms with Gasteiger partial charge in [0.15, 0.2) is 0 Å². The zero-order valence-electron chi connectivity index (χ0n) is 16.3. The molecule has 1 aromatic rings. The minimum absolute atomic E-state index is 0.251. The molecule has 0 saturated carbocycles. The lowest BCUT2D eigenvalue weighted by molar-refractivity contribution is 0.0240. The Balaban J connectivity index is 1.54. The van der Waals surface area contributed by atoms with Crippen LogP contribution in [0.15, 0.2) is 18.3 Å². The van der Waals surface area contributed by atoms with Crippen LogP contribution >= 0.6 is 0 Å². The zero-order chi connectivity index (χ0) is 18.9. The third-order valence-corrected chi connectivity index (χ3v) is 4.31. The van der Waals surface area contributed by atoms with Crippen LogP contribution in [0, 0.1) is 0 Å². The molecule has 2 fully saturated rings. The third kappa shape index (κ3) is 4.68. The molecule has 0 bridgehead atoms. The van der Waals surface area contributed by atoms with E-state index in [4.69, 9.17) is 14.0 Å². The maximum absolute atomic E-state index is 12.1. The fourth-order valence-corrected chi connectivity index (χ4v) is 2.97. The van der Waals surface area contributed by atoms with Crippen LogP contribution in [0.25, 0.3) is 0 Å². The Morgan fingerprint density at radius 2 is 1.92 bits per heavy atom. The molecule has 3 rings (SSSR count). The average Bonchev–Trinajstić information content (AvgIpc) is 2.94. The molecular formula is C18H28BN3O4. The molecule has 0 atom stereocenters. The highest BCUT2D eigenvalue weighted by molar-refractivity contribution is 6.61. The molecule has 0 aromatic carbocycles. The normalized spacial score (nSPS) is 20.4. The second-order valence-electron chi connectivity index (χ2n) is 8.42. The summed E-state index contributed by atoms with van der Waals surface area (Å²) < 4.78 is 17.0. The minimum Gasteiger partial charge on any atom is -0.444 e. The monoisotopic (exact) mass is 361 g/mol. The first kappa shape index (κ1) is 19.0. The van der Waals surface area contributed by atoms with Crippen LogP contribution < -0.4 is 10.4 Å². The number of hydrogen-bond donors (Lipinski definition) is 0. The lowest BCUT2D eigenvalue weighted by Gasteiger charge is -2.36. The Labute approximate surface area is 155 Å². The number of amides is 1. The Kier molecular flexibility index (Phi) is 5.17. The van der Waals surface area contributed by atoms with Crippen LogP contribution in [0.1, 0.15) is 34.6 Å². The number of aromatic nitrogens is 1. The van der Waals surface area contributed by atoms with Crippen LogP contribution in [-0.2, 0) is 14.0 Å². The van der Waals surface area contributed by atoms with E-state index in [2.05, 4.69) is 9.88 Å². The van der Waals surface area contributed by atoms with Crippen LogP contribution in [-0.4, -0.2) is 67.1 Å². The van der Waals surface area contributed by atoms with Crippen molar-refractivity contribution in [2.24, 2.45) is 0 Å². The minimum atomic E-state index is -0.468. The van der Waals surface area contributed by atoms with E-state index < -0.39 is 5.60 Å². The number of piperazine rings is 1. The van der Waals surface area contributed by atoms with E-state index in [1.165, 1.54) is 0 Å². The molecule has 3 heterocycles. The summed E-state index contributed by atoms with van der Waals surface area (Å²) >= 11 is 0. The fraction of sp³-hybridized carbons (Fsp3) is 0.667. The van der Waals surface area contributed by atoms with Crippen molar-refractivity contribution >= 4 is 24.5 Å². The van der Waals surface area contributed by atoms with Crippen LogP contribution in [0.5, 0.6) is 0 Å². The van der Waals surface area contributed by atoms with Crippen molar-refractivity contribution in [2.45, 2.75) is 45.8 Å². The lowest BCUT2D eigenvalue weighted by atomic mass is 9.80. The van der Waals surface area contributed by atoms with E-state index in [0.29, 0.717) is 19.7 Å². The number of carbonyl (C=O) groups is 1. The Bertz CT molecular complexity index is 637. The summed E-state index contributed by atoms with van der Waals surface area (Å²) in [6.07, 6.45) is 1.56. The number of carbonyl (C=O) groups excluding carboxylic acids is 1. The van der Waals surface area contributed by atoms with E-state index in [-0.39, 0.29) is 18.8 Å². The number of ether oxygens (including phenoxy) is 1. The first-order chi connectivity index (χ1) is 12.1. The van der Waals surface area contributed by atoms with E-state index in [0.717, 1.165) is 24.4 Å². The number of anilines is 1. The molecule has 0 radical (unpaired) electrons. The molecule has 0 unspecified atom stereocenters. The molecule has 2 aliphatic heterocycles.